The number of aryl methyl sites for hydroxylation is 5. The molecule has 7 heteroatoms. The van der Waals surface area contributed by atoms with Crippen molar-refractivity contribution in [3.63, 3.8) is 0 Å². The van der Waals surface area contributed by atoms with E-state index in [-0.39, 0.29) is 6.71 Å². The standard InChI is InChI=1S/C47H36BN3O3/c1-27-22-30(4)46(31(5)23-27)51-38-13-7-6-12-37(38)50-47(51)33-16-18-39-35(24-33)48-36-26-34(17-19-40(36)54-42-15-9-14-41(53-39)45(42)48)52-43-25-32(20-21-49-43)44-28(2)10-8-11-29(44)3/h6-26H,1-5H3. The zero-order chi connectivity index (χ0) is 36.7. The normalized spacial score (nSPS) is 12.4. The van der Waals surface area contributed by atoms with Crippen LogP contribution in [0.4, 0.5) is 0 Å². The molecule has 0 atom stereocenters. The third-order valence-corrected chi connectivity index (χ3v) is 10.8. The number of nitrogens with zero attached hydrogens (tertiary/aromatic N) is 3. The van der Waals surface area contributed by atoms with Gasteiger partial charge in [-0.05, 0) is 140 Å². The van der Waals surface area contributed by atoms with Crippen molar-refractivity contribution in [2.24, 2.45) is 0 Å². The van der Waals surface area contributed by atoms with Crippen LogP contribution in [0.3, 0.4) is 0 Å². The van der Waals surface area contributed by atoms with Gasteiger partial charge in [-0.3, -0.25) is 4.57 Å². The minimum atomic E-state index is -0.165. The van der Waals surface area contributed by atoms with Crippen molar-refractivity contribution in [2.45, 2.75) is 34.6 Å². The van der Waals surface area contributed by atoms with Gasteiger partial charge < -0.3 is 14.2 Å². The molecule has 260 valence electrons. The fraction of sp³-hybridized carbons (Fsp3) is 0.106. The summed E-state index contributed by atoms with van der Waals surface area (Å²) in [7, 11) is 0. The fourth-order valence-corrected chi connectivity index (χ4v) is 8.60. The minimum absolute atomic E-state index is 0.165. The Morgan fingerprint density at radius 2 is 1.28 bits per heavy atom. The Bertz CT molecular complexity index is 2780. The van der Waals surface area contributed by atoms with E-state index in [0.717, 1.165) is 73.1 Å². The van der Waals surface area contributed by atoms with Gasteiger partial charge in [-0.1, -0.05) is 60.2 Å². The smallest absolute Gasteiger partial charge is 0.260 e. The van der Waals surface area contributed by atoms with E-state index in [1.54, 1.807) is 0 Å². The van der Waals surface area contributed by atoms with Crippen LogP contribution >= 0.6 is 0 Å². The van der Waals surface area contributed by atoms with Gasteiger partial charge >= 0.3 is 0 Å². The molecule has 10 rings (SSSR count). The van der Waals surface area contributed by atoms with Gasteiger partial charge in [-0.2, -0.15) is 0 Å². The lowest BCUT2D eigenvalue weighted by atomic mass is 9.34. The van der Waals surface area contributed by atoms with Crippen LogP contribution < -0.4 is 30.6 Å². The Balaban J connectivity index is 1.11. The molecule has 54 heavy (non-hydrogen) atoms. The van der Waals surface area contributed by atoms with Crippen molar-refractivity contribution in [3.8, 4) is 62.8 Å². The third-order valence-electron chi connectivity index (χ3n) is 10.8. The maximum absolute atomic E-state index is 6.61. The van der Waals surface area contributed by atoms with Crippen LogP contribution in [-0.4, -0.2) is 21.2 Å². The number of rotatable bonds is 5. The molecular weight excluding hydrogens is 665 g/mol. The van der Waals surface area contributed by atoms with Crippen LogP contribution in [0.25, 0.3) is 39.2 Å². The maximum Gasteiger partial charge on any atom is 0.260 e. The largest absolute Gasteiger partial charge is 0.458 e. The second-order valence-electron chi connectivity index (χ2n) is 14.5. The molecule has 0 saturated heterocycles. The Morgan fingerprint density at radius 1 is 0.593 bits per heavy atom. The number of imidazole rings is 1. The molecule has 0 fully saturated rings. The summed E-state index contributed by atoms with van der Waals surface area (Å²) in [6.45, 7) is 10.6. The molecule has 6 aromatic carbocycles. The van der Waals surface area contributed by atoms with Crippen molar-refractivity contribution in [1.29, 1.82) is 0 Å². The van der Waals surface area contributed by atoms with Gasteiger partial charge in [0.05, 0.1) is 16.7 Å². The summed E-state index contributed by atoms with van der Waals surface area (Å²) < 4.78 is 22.0. The predicted molar refractivity (Wildman–Crippen MR) is 218 cm³/mol. The van der Waals surface area contributed by atoms with Crippen LogP contribution in [0.1, 0.15) is 27.8 Å². The van der Waals surface area contributed by atoms with Crippen molar-refractivity contribution >= 4 is 34.1 Å². The lowest BCUT2D eigenvalue weighted by Gasteiger charge is -2.33. The van der Waals surface area contributed by atoms with Crippen LogP contribution in [0.5, 0.6) is 34.6 Å². The first-order valence-corrected chi connectivity index (χ1v) is 18.3. The van der Waals surface area contributed by atoms with Gasteiger partial charge in [-0.25, -0.2) is 9.97 Å². The summed E-state index contributed by atoms with van der Waals surface area (Å²) in [5, 5.41) is 0. The number of hydrogen-bond donors (Lipinski definition) is 0. The number of pyridine rings is 1. The highest BCUT2D eigenvalue weighted by Crippen LogP contribution is 2.38. The van der Waals surface area contributed by atoms with E-state index < -0.39 is 0 Å². The molecular formula is C47H36BN3O3. The van der Waals surface area contributed by atoms with E-state index in [0.29, 0.717) is 11.6 Å². The number of fused-ring (bicyclic) bond motifs is 5. The highest BCUT2D eigenvalue weighted by Gasteiger charge is 2.40. The molecule has 2 aliphatic rings. The number of aromatic nitrogens is 3. The van der Waals surface area contributed by atoms with E-state index in [1.807, 2.05) is 54.7 Å². The molecule has 0 bridgehead atoms. The summed E-state index contributed by atoms with van der Waals surface area (Å²) in [6, 6.07) is 41.8. The van der Waals surface area contributed by atoms with Crippen molar-refractivity contribution in [2.75, 3.05) is 0 Å². The first kappa shape index (κ1) is 32.1. The van der Waals surface area contributed by atoms with Gasteiger partial charge in [-0.15, -0.1) is 0 Å². The molecule has 0 saturated carbocycles. The van der Waals surface area contributed by atoms with Gasteiger partial charge in [0.2, 0.25) is 5.88 Å². The van der Waals surface area contributed by atoms with E-state index >= 15 is 0 Å². The molecule has 2 aliphatic heterocycles. The summed E-state index contributed by atoms with van der Waals surface area (Å²) in [5.74, 6) is 5.26. The molecule has 0 N–H and O–H groups in total. The quantitative estimate of drug-likeness (QED) is 0.167. The molecule has 2 aromatic heterocycles. The second kappa shape index (κ2) is 12.2. The third kappa shape index (κ3) is 5.11. The first-order valence-electron chi connectivity index (χ1n) is 18.3. The minimum Gasteiger partial charge on any atom is -0.458 e. The lowest BCUT2D eigenvalue weighted by Crippen LogP contribution is -2.57. The summed E-state index contributed by atoms with van der Waals surface area (Å²) in [6.07, 6.45) is 1.81. The first-order chi connectivity index (χ1) is 26.3. The molecule has 0 unspecified atom stereocenters. The topological polar surface area (TPSA) is 58.4 Å². The average Bonchev–Trinajstić information content (AvgIpc) is 3.53. The summed E-state index contributed by atoms with van der Waals surface area (Å²) in [4.78, 5) is 9.85. The van der Waals surface area contributed by atoms with Crippen molar-refractivity contribution < 1.29 is 14.2 Å². The monoisotopic (exact) mass is 701 g/mol. The predicted octanol–water partition coefficient (Wildman–Crippen LogP) is 9.82. The zero-order valence-electron chi connectivity index (χ0n) is 30.8. The van der Waals surface area contributed by atoms with Crippen LogP contribution in [0.2, 0.25) is 0 Å². The van der Waals surface area contributed by atoms with Gasteiger partial charge in [0.1, 0.15) is 34.6 Å². The van der Waals surface area contributed by atoms with Crippen molar-refractivity contribution in [1.82, 2.24) is 14.5 Å². The van der Waals surface area contributed by atoms with Crippen LogP contribution in [-0.2, 0) is 0 Å². The molecule has 0 aliphatic carbocycles. The zero-order valence-corrected chi connectivity index (χ0v) is 30.8. The molecule has 4 heterocycles. The summed E-state index contributed by atoms with van der Waals surface area (Å²) >= 11 is 0. The fourth-order valence-electron chi connectivity index (χ4n) is 8.60. The van der Waals surface area contributed by atoms with E-state index in [2.05, 4.69) is 117 Å². The van der Waals surface area contributed by atoms with Crippen molar-refractivity contribution in [3.05, 3.63) is 155 Å². The average molecular weight is 702 g/mol. The van der Waals surface area contributed by atoms with Gasteiger partial charge in [0.15, 0.2) is 0 Å². The Hall–Kier alpha value is -6.60. The number of hydrogen-bond acceptors (Lipinski definition) is 5. The number of para-hydroxylation sites is 2. The molecule has 0 spiro atoms. The lowest BCUT2D eigenvalue weighted by molar-refractivity contribution is 0.454. The Labute approximate surface area is 314 Å². The number of benzene rings is 6. The van der Waals surface area contributed by atoms with Gasteiger partial charge in [0.25, 0.3) is 6.71 Å². The Morgan fingerprint density at radius 3 is 2.04 bits per heavy atom. The molecule has 0 amide bonds. The molecule has 6 nitrogen and oxygen atoms in total. The van der Waals surface area contributed by atoms with Crippen LogP contribution in [0.15, 0.2) is 128 Å². The van der Waals surface area contributed by atoms with E-state index in [9.17, 15) is 0 Å². The van der Waals surface area contributed by atoms with Gasteiger partial charge in [0, 0.05) is 23.3 Å². The molecule has 0 radical (unpaired) electrons. The number of ether oxygens (including phenoxy) is 3. The van der Waals surface area contributed by atoms with Crippen LogP contribution in [0, 0.1) is 34.6 Å². The van der Waals surface area contributed by atoms with E-state index in [1.165, 1.54) is 33.4 Å². The van der Waals surface area contributed by atoms with E-state index in [4.69, 9.17) is 19.2 Å². The summed E-state index contributed by atoms with van der Waals surface area (Å²) in [5.41, 5.74) is 15.6. The highest BCUT2D eigenvalue weighted by molar-refractivity contribution is 6.98. The maximum atomic E-state index is 6.61. The molecule has 8 aromatic rings. The Kier molecular flexibility index (Phi) is 7.27. The highest BCUT2D eigenvalue weighted by atomic mass is 16.5. The SMILES string of the molecule is Cc1cc(C)c(-n2c(-c3ccc4c(c3)B3c5cc(Oc6cc(-c7c(C)cccc7C)ccn6)ccc5Oc5cccc(c53)O4)nc3ccccc32)c(C)c1. The second-order valence-corrected chi connectivity index (χ2v) is 14.5.